The fourth-order valence-electron chi connectivity index (χ4n) is 4.73. The maximum Gasteiger partial charge on any atom is 0.141 e. The summed E-state index contributed by atoms with van der Waals surface area (Å²) in [5.74, 6) is 1.95. The minimum absolute atomic E-state index is 0.306. The molecule has 1 saturated carbocycles. The first-order valence-corrected chi connectivity index (χ1v) is 11.7. The van der Waals surface area contributed by atoms with Gasteiger partial charge in [0.1, 0.15) is 18.2 Å². The number of benzene rings is 3. The summed E-state index contributed by atoms with van der Waals surface area (Å²) >= 11 is 0. The summed E-state index contributed by atoms with van der Waals surface area (Å²) in [6.07, 6.45) is 5.05. The van der Waals surface area contributed by atoms with Gasteiger partial charge in [-0.25, -0.2) is 4.98 Å². The Kier molecular flexibility index (Phi) is 5.95. The van der Waals surface area contributed by atoms with Crippen molar-refractivity contribution in [2.75, 3.05) is 7.05 Å². The van der Waals surface area contributed by atoms with Crippen LogP contribution in [0.1, 0.15) is 55.8 Å². The Morgan fingerprint density at radius 1 is 1.00 bits per heavy atom. The SMILES string of the molecule is CNC(C)c1ccc2c(c1)nc(-c1ccc(OCc3ccccc3)cc1)n2C1CCCC1. The number of hydrogen-bond donors (Lipinski definition) is 1. The molecule has 0 spiro atoms. The molecule has 0 aliphatic heterocycles. The van der Waals surface area contributed by atoms with Gasteiger partial charge in [0.05, 0.1) is 11.0 Å². The summed E-state index contributed by atoms with van der Waals surface area (Å²) in [5, 5.41) is 3.34. The number of nitrogens with one attached hydrogen (secondary N) is 1. The summed E-state index contributed by atoms with van der Waals surface area (Å²) in [6, 6.07) is 26.2. The highest BCUT2D eigenvalue weighted by Gasteiger charge is 2.23. The lowest BCUT2D eigenvalue weighted by Crippen LogP contribution is -2.12. The molecule has 1 N–H and O–H groups in total. The zero-order valence-corrected chi connectivity index (χ0v) is 18.9. The lowest BCUT2D eigenvalue weighted by Gasteiger charge is -2.17. The van der Waals surface area contributed by atoms with Crippen LogP contribution in [-0.4, -0.2) is 16.6 Å². The highest BCUT2D eigenvalue weighted by atomic mass is 16.5. The molecule has 32 heavy (non-hydrogen) atoms. The van der Waals surface area contributed by atoms with E-state index in [4.69, 9.17) is 9.72 Å². The molecule has 5 rings (SSSR count). The van der Waals surface area contributed by atoms with Crippen molar-refractivity contribution in [1.82, 2.24) is 14.9 Å². The van der Waals surface area contributed by atoms with E-state index in [1.165, 1.54) is 42.3 Å². The van der Waals surface area contributed by atoms with Crippen LogP contribution in [0.4, 0.5) is 0 Å². The quantitative estimate of drug-likeness (QED) is 0.359. The maximum absolute atomic E-state index is 5.99. The number of rotatable bonds is 7. The molecule has 0 bridgehead atoms. The number of nitrogens with zero attached hydrogens (tertiary/aromatic N) is 2. The Hall–Kier alpha value is -3.11. The summed E-state index contributed by atoms with van der Waals surface area (Å²) in [5.41, 5.74) is 5.90. The Morgan fingerprint density at radius 3 is 2.47 bits per heavy atom. The van der Waals surface area contributed by atoms with Gasteiger partial charge in [-0.1, -0.05) is 49.2 Å². The van der Waals surface area contributed by atoms with Crippen molar-refractivity contribution in [2.24, 2.45) is 0 Å². The summed E-state index contributed by atoms with van der Waals surface area (Å²) in [6.45, 7) is 2.76. The molecular weight excluding hydrogens is 394 g/mol. The van der Waals surface area contributed by atoms with E-state index in [0.29, 0.717) is 18.7 Å². The van der Waals surface area contributed by atoms with E-state index < -0.39 is 0 Å². The molecule has 3 aromatic carbocycles. The van der Waals surface area contributed by atoms with Gasteiger partial charge in [0, 0.05) is 17.6 Å². The molecule has 4 heteroatoms. The molecule has 164 valence electrons. The number of fused-ring (bicyclic) bond motifs is 1. The molecule has 0 radical (unpaired) electrons. The van der Waals surface area contributed by atoms with Crippen LogP contribution in [0.3, 0.4) is 0 Å². The minimum Gasteiger partial charge on any atom is -0.489 e. The van der Waals surface area contributed by atoms with Crippen molar-refractivity contribution in [1.29, 1.82) is 0 Å². The average Bonchev–Trinajstić information content (AvgIpc) is 3.50. The number of hydrogen-bond acceptors (Lipinski definition) is 3. The third-order valence-electron chi connectivity index (χ3n) is 6.70. The van der Waals surface area contributed by atoms with Crippen molar-refractivity contribution in [3.8, 4) is 17.1 Å². The van der Waals surface area contributed by atoms with Gasteiger partial charge in [0.2, 0.25) is 0 Å². The topological polar surface area (TPSA) is 39.1 Å². The van der Waals surface area contributed by atoms with Gasteiger partial charge in [-0.15, -0.1) is 0 Å². The Bertz CT molecular complexity index is 1170. The molecule has 1 aromatic heterocycles. The lowest BCUT2D eigenvalue weighted by molar-refractivity contribution is 0.306. The van der Waals surface area contributed by atoms with Crippen molar-refractivity contribution in [2.45, 2.75) is 51.3 Å². The van der Waals surface area contributed by atoms with Crippen LogP contribution < -0.4 is 10.1 Å². The van der Waals surface area contributed by atoms with E-state index in [0.717, 1.165) is 22.7 Å². The number of imidazole rings is 1. The minimum atomic E-state index is 0.306. The van der Waals surface area contributed by atoms with E-state index in [1.807, 2.05) is 25.2 Å². The summed E-state index contributed by atoms with van der Waals surface area (Å²) in [7, 11) is 2.00. The van der Waals surface area contributed by atoms with E-state index in [2.05, 4.69) is 71.4 Å². The van der Waals surface area contributed by atoms with Gasteiger partial charge in [-0.3, -0.25) is 0 Å². The van der Waals surface area contributed by atoms with Crippen molar-refractivity contribution < 1.29 is 4.74 Å². The third kappa shape index (κ3) is 4.15. The highest BCUT2D eigenvalue weighted by Crippen LogP contribution is 2.37. The maximum atomic E-state index is 5.99. The van der Waals surface area contributed by atoms with Crippen LogP contribution in [0.15, 0.2) is 72.8 Å². The Morgan fingerprint density at radius 2 is 1.75 bits per heavy atom. The van der Waals surface area contributed by atoms with Crippen LogP contribution >= 0.6 is 0 Å². The second-order valence-corrected chi connectivity index (χ2v) is 8.80. The molecule has 1 aliphatic rings. The van der Waals surface area contributed by atoms with E-state index in [-0.39, 0.29) is 0 Å². The lowest BCUT2D eigenvalue weighted by atomic mass is 10.1. The van der Waals surface area contributed by atoms with Crippen molar-refractivity contribution >= 4 is 11.0 Å². The molecule has 1 unspecified atom stereocenters. The molecule has 1 fully saturated rings. The molecule has 4 nitrogen and oxygen atoms in total. The smallest absolute Gasteiger partial charge is 0.141 e. The monoisotopic (exact) mass is 425 g/mol. The molecule has 0 saturated heterocycles. The molecule has 4 aromatic rings. The fourth-order valence-corrected chi connectivity index (χ4v) is 4.73. The van der Waals surface area contributed by atoms with E-state index >= 15 is 0 Å². The standard InChI is InChI=1S/C28H31N3O/c1-20(29-2)23-14-17-27-26(18-23)30-28(31(27)24-10-6-7-11-24)22-12-15-25(16-13-22)32-19-21-8-4-3-5-9-21/h3-5,8-9,12-18,20,24,29H,6-7,10-11,19H2,1-2H3. The van der Waals surface area contributed by atoms with Crippen LogP contribution in [0.2, 0.25) is 0 Å². The average molecular weight is 426 g/mol. The first-order valence-electron chi connectivity index (χ1n) is 11.7. The van der Waals surface area contributed by atoms with Gasteiger partial charge in [-0.05, 0) is 74.3 Å². The fraction of sp³-hybridized carbons (Fsp3) is 0.321. The Labute approximate surface area is 190 Å². The van der Waals surface area contributed by atoms with Crippen molar-refractivity contribution in [3.63, 3.8) is 0 Å². The first kappa shape index (κ1) is 20.8. The van der Waals surface area contributed by atoms with Gasteiger partial charge < -0.3 is 14.6 Å². The highest BCUT2D eigenvalue weighted by molar-refractivity contribution is 5.82. The number of aromatic nitrogens is 2. The van der Waals surface area contributed by atoms with Crippen LogP contribution in [0, 0.1) is 0 Å². The molecular formula is C28H31N3O. The second-order valence-electron chi connectivity index (χ2n) is 8.80. The predicted molar refractivity (Wildman–Crippen MR) is 131 cm³/mol. The van der Waals surface area contributed by atoms with Gasteiger partial charge in [-0.2, -0.15) is 0 Å². The zero-order chi connectivity index (χ0) is 21.9. The number of ether oxygens (including phenoxy) is 1. The van der Waals surface area contributed by atoms with Gasteiger partial charge >= 0.3 is 0 Å². The Balaban J connectivity index is 1.47. The predicted octanol–water partition coefficient (Wildman–Crippen LogP) is 6.68. The second kappa shape index (κ2) is 9.17. The van der Waals surface area contributed by atoms with Gasteiger partial charge in [0.25, 0.3) is 0 Å². The molecule has 0 amide bonds. The van der Waals surface area contributed by atoms with E-state index in [9.17, 15) is 0 Å². The largest absolute Gasteiger partial charge is 0.489 e. The zero-order valence-electron chi connectivity index (χ0n) is 18.9. The molecule has 1 aliphatic carbocycles. The normalized spacial score (nSPS) is 15.3. The van der Waals surface area contributed by atoms with Crippen LogP contribution in [0.5, 0.6) is 5.75 Å². The first-order chi connectivity index (χ1) is 15.7. The summed E-state index contributed by atoms with van der Waals surface area (Å²) < 4.78 is 8.47. The van der Waals surface area contributed by atoms with Crippen LogP contribution in [0.25, 0.3) is 22.4 Å². The van der Waals surface area contributed by atoms with Crippen LogP contribution in [-0.2, 0) is 6.61 Å². The summed E-state index contributed by atoms with van der Waals surface area (Å²) in [4.78, 5) is 5.12. The van der Waals surface area contributed by atoms with E-state index in [1.54, 1.807) is 0 Å². The third-order valence-corrected chi connectivity index (χ3v) is 6.70. The van der Waals surface area contributed by atoms with Gasteiger partial charge in [0.15, 0.2) is 0 Å². The molecule has 1 atom stereocenters. The van der Waals surface area contributed by atoms with Crippen molar-refractivity contribution in [3.05, 3.63) is 83.9 Å². The molecule has 1 heterocycles.